The van der Waals surface area contributed by atoms with Gasteiger partial charge in [0.05, 0.1) is 52.2 Å². The van der Waals surface area contributed by atoms with Crippen molar-refractivity contribution < 1.29 is 19.4 Å². The Morgan fingerprint density at radius 1 is 1.02 bits per heavy atom. The third kappa shape index (κ3) is 7.42. The minimum atomic E-state index is -1.99. The molecular formula is C38H49N5O4Si. The number of carbonyl (C=O) groups excluding carboxylic acids is 1. The molecule has 4 aromatic rings. The topological polar surface area (TPSA) is 102 Å². The van der Waals surface area contributed by atoms with Gasteiger partial charge in [-0.3, -0.25) is 9.48 Å². The van der Waals surface area contributed by atoms with E-state index in [1.807, 2.05) is 46.1 Å². The molecule has 5 atom stereocenters. The Morgan fingerprint density at radius 2 is 1.77 bits per heavy atom. The highest BCUT2D eigenvalue weighted by Crippen LogP contribution is 2.46. The fourth-order valence-corrected chi connectivity index (χ4v) is 12.0. The molecule has 2 aliphatic heterocycles. The van der Waals surface area contributed by atoms with Crippen molar-refractivity contribution in [3.8, 4) is 5.75 Å². The normalized spacial score (nSPS) is 22.2. The molecule has 1 amide bonds. The molecule has 254 valence electrons. The summed E-state index contributed by atoms with van der Waals surface area (Å²) in [6, 6.07) is 27.1. The molecule has 2 fully saturated rings. The Labute approximate surface area is 285 Å². The molecule has 0 radical (unpaired) electrons. The predicted molar refractivity (Wildman–Crippen MR) is 192 cm³/mol. The van der Waals surface area contributed by atoms with Gasteiger partial charge in [-0.1, -0.05) is 85.0 Å². The summed E-state index contributed by atoms with van der Waals surface area (Å²) in [4.78, 5) is 14.2. The third-order valence-electron chi connectivity index (χ3n) is 10.6. The molecule has 3 heterocycles. The molecule has 1 unspecified atom stereocenters. The van der Waals surface area contributed by atoms with Crippen LogP contribution >= 0.6 is 0 Å². The molecule has 48 heavy (non-hydrogen) atoms. The van der Waals surface area contributed by atoms with Crippen molar-refractivity contribution in [1.82, 2.24) is 20.3 Å². The maximum absolute atomic E-state index is 12.4. The average Bonchev–Trinajstić information content (AvgIpc) is 3.71. The lowest BCUT2D eigenvalue weighted by molar-refractivity contribution is -0.118. The Kier molecular flexibility index (Phi) is 10.7. The quantitative estimate of drug-likeness (QED) is 0.198. The van der Waals surface area contributed by atoms with Crippen LogP contribution in [-0.4, -0.2) is 79.6 Å². The standard InChI is InChI=1S/C38H49N5O4Si/c1-27-35(19-12-28-10-13-30(14-11-28)43-23-21-39-24-37(43)45)47-36(38(27)48(3,4)32-17-15-31(46-2)16-18-32)20-22-42-25-34(40-41-42)33(26-44)29-8-6-5-7-9-29/h5-11,13-18,25,27,33,35-36,38-39,44H,12,19-24,26H2,1-4H3/t27-,33?,35+,36-,38+/m1/s1. The molecule has 2 aliphatic rings. The summed E-state index contributed by atoms with van der Waals surface area (Å²) in [5.74, 6) is 1.18. The Morgan fingerprint density at radius 3 is 2.46 bits per heavy atom. The number of amides is 1. The van der Waals surface area contributed by atoms with E-state index < -0.39 is 8.07 Å². The van der Waals surface area contributed by atoms with E-state index in [4.69, 9.17) is 9.47 Å². The SMILES string of the molecule is COc1ccc([Si](C)(C)[C@H]2[C@H](C)[C@H](CCc3ccc(N4CCNCC4=O)cc3)O[C@@H]2CCn2cc(C(CO)c3ccccc3)nn2)cc1. The number of rotatable bonds is 13. The van der Waals surface area contributed by atoms with Crippen LogP contribution in [0.15, 0.2) is 85.1 Å². The molecule has 0 bridgehead atoms. The number of benzene rings is 3. The van der Waals surface area contributed by atoms with E-state index in [-0.39, 0.29) is 30.6 Å². The van der Waals surface area contributed by atoms with Crippen LogP contribution in [0.25, 0.3) is 0 Å². The molecule has 3 aromatic carbocycles. The second-order valence-corrected chi connectivity index (χ2v) is 18.5. The van der Waals surface area contributed by atoms with Gasteiger partial charge in [0.25, 0.3) is 0 Å². The van der Waals surface area contributed by atoms with Crippen LogP contribution in [0.3, 0.4) is 0 Å². The van der Waals surface area contributed by atoms with E-state index in [2.05, 4.69) is 84.2 Å². The number of aryl methyl sites for hydroxylation is 2. The van der Waals surface area contributed by atoms with Crippen molar-refractivity contribution in [2.24, 2.45) is 5.92 Å². The van der Waals surface area contributed by atoms with Crippen LogP contribution in [0.4, 0.5) is 5.69 Å². The molecule has 2 N–H and O–H groups in total. The zero-order valence-corrected chi connectivity index (χ0v) is 29.6. The number of methoxy groups -OCH3 is 1. The fourth-order valence-electron chi connectivity index (χ4n) is 7.84. The molecule has 1 aromatic heterocycles. The van der Waals surface area contributed by atoms with Crippen LogP contribution < -0.4 is 20.1 Å². The van der Waals surface area contributed by atoms with Crippen LogP contribution in [0.2, 0.25) is 18.6 Å². The smallest absolute Gasteiger partial charge is 0.240 e. The summed E-state index contributed by atoms with van der Waals surface area (Å²) in [5.41, 5.74) is 4.44. The van der Waals surface area contributed by atoms with E-state index in [0.29, 0.717) is 31.1 Å². The van der Waals surface area contributed by atoms with Gasteiger partial charge in [0.15, 0.2) is 0 Å². The number of aromatic nitrogens is 3. The van der Waals surface area contributed by atoms with Crippen molar-refractivity contribution in [3.63, 3.8) is 0 Å². The van der Waals surface area contributed by atoms with E-state index in [1.165, 1.54) is 10.8 Å². The number of aliphatic hydroxyl groups excluding tert-OH is 1. The molecule has 0 spiro atoms. The third-order valence-corrected chi connectivity index (χ3v) is 15.0. The second kappa shape index (κ2) is 15.2. The second-order valence-electron chi connectivity index (χ2n) is 13.8. The first-order valence-electron chi connectivity index (χ1n) is 17.2. The lowest BCUT2D eigenvalue weighted by Crippen LogP contribution is -2.50. The first-order valence-corrected chi connectivity index (χ1v) is 20.3. The van der Waals surface area contributed by atoms with Gasteiger partial charge in [0.2, 0.25) is 5.91 Å². The lowest BCUT2D eigenvalue weighted by atomic mass is 9.95. The van der Waals surface area contributed by atoms with E-state index in [0.717, 1.165) is 48.5 Å². The van der Waals surface area contributed by atoms with Gasteiger partial charge >= 0.3 is 0 Å². The summed E-state index contributed by atoms with van der Waals surface area (Å²) in [6.45, 7) is 9.92. The number of piperazine rings is 1. The highest BCUT2D eigenvalue weighted by Gasteiger charge is 2.50. The zero-order valence-electron chi connectivity index (χ0n) is 28.6. The van der Waals surface area contributed by atoms with Gasteiger partial charge in [0.1, 0.15) is 5.75 Å². The zero-order chi connectivity index (χ0) is 33.7. The van der Waals surface area contributed by atoms with Gasteiger partial charge < -0.3 is 24.8 Å². The van der Waals surface area contributed by atoms with Crippen LogP contribution in [0, 0.1) is 5.92 Å². The maximum atomic E-state index is 12.4. The van der Waals surface area contributed by atoms with Crippen molar-refractivity contribution >= 4 is 24.9 Å². The van der Waals surface area contributed by atoms with Gasteiger partial charge in [-0.25, -0.2) is 0 Å². The number of hydrogen-bond acceptors (Lipinski definition) is 7. The van der Waals surface area contributed by atoms with Crippen molar-refractivity contribution in [3.05, 3.63) is 102 Å². The number of ether oxygens (including phenoxy) is 2. The van der Waals surface area contributed by atoms with Crippen molar-refractivity contribution in [1.29, 1.82) is 0 Å². The minimum absolute atomic E-state index is 0.0199. The van der Waals surface area contributed by atoms with Crippen LogP contribution in [0.1, 0.15) is 42.5 Å². The highest BCUT2D eigenvalue weighted by atomic mass is 28.3. The summed E-state index contributed by atoms with van der Waals surface area (Å²) in [7, 11) is -0.284. The van der Waals surface area contributed by atoms with Gasteiger partial charge in [-0.2, -0.15) is 0 Å². The Hall–Kier alpha value is -3.83. The fraction of sp³-hybridized carbons (Fsp3) is 0.447. The molecule has 0 saturated carbocycles. The van der Waals surface area contributed by atoms with Crippen LogP contribution in [-0.2, 0) is 22.5 Å². The van der Waals surface area contributed by atoms with Crippen molar-refractivity contribution in [2.45, 2.75) is 69.5 Å². The minimum Gasteiger partial charge on any atom is -0.497 e. The monoisotopic (exact) mass is 667 g/mol. The molecule has 10 heteroatoms. The van der Waals surface area contributed by atoms with E-state index in [9.17, 15) is 9.90 Å². The lowest BCUT2D eigenvalue weighted by Gasteiger charge is -2.36. The first kappa shape index (κ1) is 34.0. The number of nitrogens with zero attached hydrogens (tertiary/aromatic N) is 4. The average molecular weight is 668 g/mol. The summed E-state index contributed by atoms with van der Waals surface area (Å²) in [5, 5.41) is 23.6. The van der Waals surface area contributed by atoms with Gasteiger partial charge in [-0.05, 0) is 66.1 Å². The molecule has 2 saturated heterocycles. The first-order chi connectivity index (χ1) is 23.3. The number of carbonyl (C=O) groups is 1. The summed E-state index contributed by atoms with van der Waals surface area (Å²) < 4.78 is 14.4. The molecule has 0 aliphatic carbocycles. The van der Waals surface area contributed by atoms with Gasteiger partial charge in [-0.15, -0.1) is 5.10 Å². The number of hydrogen-bond donors (Lipinski definition) is 2. The van der Waals surface area contributed by atoms with E-state index in [1.54, 1.807) is 7.11 Å². The molecular weight excluding hydrogens is 619 g/mol. The number of nitrogens with one attached hydrogen (secondary N) is 1. The number of anilines is 1. The predicted octanol–water partition coefficient (Wildman–Crippen LogP) is 4.76. The largest absolute Gasteiger partial charge is 0.497 e. The van der Waals surface area contributed by atoms with E-state index >= 15 is 0 Å². The number of aliphatic hydroxyl groups is 1. The summed E-state index contributed by atoms with van der Waals surface area (Å²) in [6.07, 6.45) is 4.90. The summed E-state index contributed by atoms with van der Waals surface area (Å²) >= 11 is 0. The Bertz CT molecular complexity index is 1630. The van der Waals surface area contributed by atoms with Gasteiger partial charge in [0, 0.05) is 31.5 Å². The highest BCUT2D eigenvalue weighted by molar-refractivity contribution is 6.91. The molecule has 9 nitrogen and oxygen atoms in total. The maximum Gasteiger partial charge on any atom is 0.240 e. The van der Waals surface area contributed by atoms with Crippen LogP contribution in [0.5, 0.6) is 5.75 Å². The molecule has 6 rings (SSSR count). The Balaban J connectivity index is 1.17. The van der Waals surface area contributed by atoms with Crippen molar-refractivity contribution in [2.75, 3.05) is 38.3 Å².